The highest BCUT2D eigenvalue weighted by Gasteiger charge is 2.13. The molecule has 0 aliphatic rings. The van der Waals surface area contributed by atoms with Crippen molar-refractivity contribution in [2.45, 2.75) is 70.6 Å². The highest BCUT2D eigenvalue weighted by atomic mass is 35.5. The van der Waals surface area contributed by atoms with Crippen molar-refractivity contribution in [1.82, 2.24) is 0 Å². The average molecular weight is 411 g/mol. The van der Waals surface area contributed by atoms with E-state index in [1.54, 1.807) is 0 Å². The van der Waals surface area contributed by atoms with Gasteiger partial charge in [-0.25, -0.2) is 0 Å². The van der Waals surface area contributed by atoms with Crippen molar-refractivity contribution in [3.63, 3.8) is 0 Å². The van der Waals surface area contributed by atoms with Crippen LogP contribution in [-0.2, 0) is 0 Å². The molecule has 1 atom stereocenters. The molecule has 0 bridgehead atoms. The third-order valence-corrected chi connectivity index (χ3v) is 5.58. The Balaban J connectivity index is 2.00. The van der Waals surface area contributed by atoms with Gasteiger partial charge in [0.05, 0.1) is 18.2 Å². The predicted molar refractivity (Wildman–Crippen MR) is 118 cm³/mol. The molecule has 0 radical (unpaired) electrons. The number of fused-ring (bicyclic) bond motifs is 1. The zero-order valence-electron chi connectivity index (χ0n) is 16.6. The molecule has 0 heterocycles. The fraction of sp³-hybridized carbons (Fsp3) is 0.565. The summed E-state index contributed by atoms with van der Waals surface area (Å²) in [5, 5.41) is 2.96. The topological polar surface area (TPSA) is 18.5 Å². The minimum absolute atomic E-state index is 0.272. The quantitative estimate of drug-likeness (QED) is 0.245. The van der Waals surface area contributed by atoms with Gasteiger partial charge < -0.3 is 9.47 Å². The highest BCUT2D eigenvalue weighted by Crippen LogP contribution is 2.39. The van der Waals surface area contributed by atoms with E-state index in [-0.39, 0.29) is 5.38 Å². The first-order valence-corrected chi connectivity index (χ1v) is 11.1. The van der Waals surface area contributed by atoms with Gasteiger partial charge in [0.25, 0.3) is 0 Å². The number of hydrogen-bond acceptors (Lipinski definition) is 2. The first-order valence-electron chi connectivity index (χ1n) is 10.3. The smallest absolute Gasteiger partial charge is 0.145 e. The van der Waals surface area contributed by atoms with Gasteiger partial charge in [-0.15, -0.1) is 11.6 Å². The van der Waals surface area contributed by atoms with Crippen LogP contribution in [0.2, 0.25) is 5.02 Å². The Bertz CT molecular complexity index is 687. The van der Waals surface area contributed by atoms with Crippen molar-refractivity contribution in [2.24, 2.45) is 0 Å². The molecule has 1 unspecified atom stereocenters. The van der Waals surface area contributed by atoms with Crippen LogP contribution in [0, 0.1) is 0 Å². The number of hydrogen-bond donors (Lipinski definition) is 0. The summed E-state index contributed by atoms with van der Waals surface area (Å²) in [5.74, 6) is 1.59. The normalized spacial score (nSPS) is 12.3. The Labute approximate surface area is 174 Å². The summed E-state index contributed by atoms with van der Waals surface area (Å²) in [7, 11) is 0. The number of halogens is 2. The van der Waals surface area contributed by atoms with Gasteiger partial charge in [0.2, 0.25) is 0 Å². The molecule has 0 amide bonds. The van der Waals surface area contributed by atoms with Crippen molar-refractivity contribution < 1.29 is 9.47 Å². The van der Waals surface area contributed by atoms with Crippen molar-refractivity contribution >= 4 is 34.0 Å². The molecule has 0 fully saturated rings. The summed E-state index contributed by atoms with van der Waals surface area (Å²) >= 11 is 12.7. The maximum atomic E-state index is 6.53. The van der Waals surface area contributed by atoms with E-state index in [2.05, 4.69) is 26.0 Å². The van der Waals surface area contributed by atoms with Crippen molar-refractivity contribution in [2.75, 3.05) is 13.2 Å². The van der Waals surface area contributed by atoms with E-state index in [0.717, 1.165) is 54.4 Å². The van der Waals surface area contributed by atoms with Crippen molar-refractivity contribution in [1.29, 1.82) is 0 Å². The van der Waals surface area contributed by atoms with Crippen LogP contribution in [0.5, 0.6) is 11.5 Å². The molecular formula is C23H32Cl2O2. The maximum Gasteiger partial charge on any atom is 0.145 e. The summed E-state index contributed by atoms with van der Waals surface area (Å²) < 4.78 is 12.1. The summed E-state index contributed by atoms with van der Waals surface area (Å²) in [6.45, 7) is 5.70. The lowest BCUT2D eigenvalue weighted by molar-refractivity contribution is 0.302. The van der Waals surface area contributed by atoms with E-state index in [0.29, 0.717) is 18.2 Å². The Morgan fingerprint density at radius 1 is 0.889 bits per heavy atom. The summed E-state index contributed by atoms with van der Waals surface area (Å²) in [5.41, 5.74) is 0. The Morgan fingerprint density at radius 3 is 2.33 bits per heavy atom. The van der Waals surface area contributed by atoms with Gasteiger partial charge in [-0.05, 0) is 32.1 Å². The van der Waals surface area contributed by atoms with Gasteiger partial charge in [-0.3, -0.25) is 0 Å². The lowest BCUT2D eigenvalue weighted by Gasteiger charge is -2.15. The van der Waals surface area contributed by atoms with E-state index in [4.69, 9.17) is 32.7 Å². The minimum Gasteiger partial charge on any atom is -0.493 e. The van der Waals surface area contributed by atoms with Gasteiger partial charge in [0, 0.05) is 22.2 Å². The minimum atomic E-state index is 0.272. The Morgan fingerprint density at radius 2 is 1.59 bits per heavy atom. The van der Waals surface area contributed by atoms with E-state index >= 15 is 0 Å². The van der Waals surface area contributed by atoms with E-state index in [9.17, 15) is 0 Å². The number of rotatable bonds is 13. The molecule has 27 heavy (non-hydrogen) atoms. The Hall–Kier alpha value is -1.12. The monoisotopic (exact) mass is 410 g/mol. The lowest BCUT2D eigenvalue weighted by Crippen LogP contribution is -2.02. The zero-order valence-corrected chi connectivity index (χ0v) is 18.1. The predicted octanol–water partition coefficient (Wildman–Crippen LogP) is 8.02. The molecule has 0 N–H and O–H groups in total. The van der Waals surface area contributed by atoms with Crippen LogP contribution in [0.4, 0.5) is 0 Å². The average Bonchev–Trinajstić information content (AvgIpc) is 2.69. The SMILES string of the molecule is CCCCCCOc1c(Cl)cc(OCCCCC(Cl)CC)c2ccccc12. The summed E-state index contributed by atoms with van der Waals surface area (Å²) in [6, 6.07) is 10.0. The molecule has 0 saturated heterocycles. The highest BCUT2D eigenvalue weighted by molar-refractivity contribution is 6.33. The fourth-order valence-corrected chi connectivity index (χ4v) is 3.52. The van der Waals surface area contributed by atoms with Crippen LogP contribution in [0.3, 0.4) is 0 Å². The number of unbranched alkanes of at least 4 members (excludes halogenated alkanes) is 4. The molecular weight excluding hydrogens is 379 g/mol. The van der Waals surface area contributed by atoms with Crippen LogP contribution in [0.15, 0.2) is 30.3 Å². The molecule has 0 aromatic heterocycles. The second-order valence-electron chi connectivity index (χ2n) is 6.99. The first-order chi connectivity index (χ1) is 13.2. The molecule has 2 nitrogen and oxygen atoms in total. The first kappa shape index (κ1) is 22.2. The zero-order chi connectivity index (χ0) is 19.5. The second-order valence-corrected chi connectivity index (χ2v) is 8.01. The van der Waals surface area contributed by atoms with Crippen LogP contribution >= 0.6 is 23.2 Å². The lowest BCUT2D eigenvalue weighted by atomic mass is 10.1. The molecule has 4 heteroatoms. The largest absolute Gasteiger partial charge is 0.493 e. The third kappa shape index (κ3) is 7.08. The third-order valence-electron chi connectivity index (χ3n) is 4.77. The van der Waals surface area contributed by atoms with E-state index < -0.39 is 0 Å². The fourth-order valence-electron chi connectivity index (χ4n) is 3.11. The van der Waals surface area contributed by atoms with Crippen molar-refractivity contribution in [3.05, 3.63) is 35.4 Å². The molecule has 0 aliphatic carbocycles. The van der Waals surface area contributed by atoms with Crippen LogP contribution < -0.4 is 9.47 Å². The van der Waals surface area contributed by atoms with E-state index in [1.807, 2.05) is 18.2 Å². The molecule has 2 aromatic rings. The Kier molecular flexibility index (Phi) is 10.2. The van der Waals surface area contributed by atoms with Gasteiger partial charge in [0.15, 0.2) is 0 Å². The van der Waals surface area contributed by atoms with Crippen LogP contribution in [-0.4, -0.2) is 18.6 Å². The number of benzene rings is 2. The van der Waals surface area contributed by atoms with Gasteiger partial charge >= 0.3 is 0 Å². The number of alkyl halides is 1. The van der Waals surface area contributed by atoms with E-state index in [1.165, 1.54) is 19.3 Å². The summed E-state index contributed by atoms with van der Waals surface area (Å²) in [6.07, 6.45) is 8.82. The molecule has 0 spiro atoms. The molecule has 0 saturated carbocycles. The van der Waals surface area contributed by atoms with Gasteiger partial charge in [-0.1, -0.05) is 69.0 Å². The summed E-state index contributed by atoms with van der Waals surface area (Å²) in [4.78, 5) is 0. The van der Waals surface area contributed by atoms with Gasteiger partial charge in [0.1, 0.15) is 11.5 Å². The molecule has 2 rings (SSSR count). The molecule has 0 aliphatic heterocycles. The van der Waals surface area contributed by atoms with Crippen molar-refractivity contribution in [3.8, 4) is 11.5 Å². The molecule has 150 valence electrons. The number of ether oxygens (including phenoxy) is 2. The van der Waals surface area contributed by atoms with Crippen LogP contribution in [0.25, 0.3) is 10.8 Å². The standard InChI is InChI=1S/C23H32Cl2O2/c1-3-5-6-10-16-27-23-20-14-8-7-13-19(20)22(17-21(23)25)26-15-11-9-12-18(24)4-2/h7-8,13-14,17-18H,3-6,9-12,15-16H2,1-2H3. The van der Waals surface area contributed by atoms with Crippen LogP contribution in [0.1, 0.15) is 65.2 Å². The van der Waals surface area contributed by atoms with Gasteiger partial charge in [-0.2, -0.15) is 0 Å². The second kappa shape index (κ2) is 12.4. The molecule has 2 aromatic carbocycles. The maximum absolute atomic E-state index is 6.53.